The molecule has 0 atom stereocenters. The number of hydrogen-bond acceptors (Lipinski definition) is 2. The van der Waals surface area contributed by atoms with Crippen LogP contribution in [0.1, 0.15) is 5.56 Å². The van der Waals surface area contributed by atoms with Crippen molar-refractivity contribution >= 4 is 40.3 Å². The highest BCUT2D eigenvalue weighted by Gasteiger charge is 2.03. The number of anilines is 1. The van der Waals surface area contributed by atoms with Gasteiger partial charge in [0, 0.05) is 6.54 Å². The molecule has 0 aliphatic heterocycles. The van der Waals surface area contributed by atoms with Gasteiger partial charge in [-0.05, 0) is 29.9 Å². The van der Waals surface area contributed by atoms with Gasteiger partial charge in [-0.2, -0.15) is 4.99 Å². The number of nitrogens with zero attached hydrogens (tertiary/aromatic N) is 2. The number of fused-ring (bicyclic) bond motifs is 1. The fourth-order valence-electron chi connectivity index (χ4n) is 2.08. The molecular formula is C16H16N6S. The number of aromatic amines is 1. The van der Waals surface area contributed by atoms with Gasteiger partial charge in [-0.25, -0.2) is 4.98 Å². The van der Waals surface area contributed by atoms with Gasteiger partial charge in [0.2, 0.25) is 11.9 Å². The molecule has 3 aromatic rings. The Hall–Kier alpha value is -2.93. The number of nitrogens with one attached hydrogen (secondary N) is 3. The molecule has 6 nitrogen and oxygen atoms in total. The van der Waals surface area contributed by atoms with Gasteiger partial charge in [-0.15, -0.1) is 0 Å². The maximum atomic E-state index is 5.85. The van der Waals surface area contributed by atoms with Crippen LogP contribution in [0.4, 0.5) is 5.95 Å². The first-order valence-corrected chi connectivity index (χ1v) is 7.49. The normalized spacial score (nSPS) is 11.4. The van der Waals surface area contributed by atoms with Crippen molar-refractivity contribution in [1.82, 2.24) is 15.3 Å². The van der Waals surface area contributed by atoms with Crippen molar-refractivity contribution in [3.05, 3.63) is 60.2 Å². The summed E-state index contributed by atoms with van der Waals surface area (Å²) in [5.41, 5.74) is 8.75. The van der Waals surface area contributed by atoms with Gasteiger partial charge in [0.05, 0.1) is 11.0 Å². The molecule has 0 aliphatic rings. The summed E-state index contributed by atoms with van der Waals surface area (Å²) in [7, 11) is 0. The van der Waals surface area contributed by atoms with Crippen LogP contribution in [0.2, 0.25) is 0 Å². The van der Waals surface area contributed by atoms with E-state index < -0.39 is 0 Å². The van der Waals surface area contributed by atoms with Crippen LogP contribution in [0.5, 0.6) is 0 Å². The Bertz CT molecular complexity index is 807. The lowest BCUT2D eigenvalue weighted by Gasteiger charge is -2.05. The van der Waals surface area contributed by atoms with Crippen molar-refractivity contribution in [3.63, 3.8) is 0 Å². The van der Waals surface area contributed by atoms with E-state index in [0.29, 0.717) is 17.6 Å². The van der Waals surface area contributed by atoms with Crippen LogP contribution in [0.3, 0.4) is 0 Å². The zero-order valence-electron chi connectivity index (χ0n) is 12.3. The van der Waals surface area contributed by atoms with E-state index in [1.807, 2.05) is 54.6 Å². The smallest absolute Gasteiger partial charge is 0.208 e. The van der Waals surface area contributed by atoms with E-state index in [9.17, 15) is 0 Å². The SMILES string of the molecule is N/C(=N/C(=S)NCc1ccccc1)Nc1nc2ccccc2[nH]1. The molecule has 1 heterocycles. The fraction of sp³-hybridized carbons (Fsp3) is 0.0625. The van der Waals surface area contributed by atoms with Crippen molar-refractivity contribution in [2.75, 3.05) is 5.32 Å². The number of para-hydroxylation sites is 2. The number of thiocarbonyl (C=S) groups is 1. The van der Waals surface area contributed by atoms with E-state index in [4.69, 9.17) is 18.0 Å². The maximum absolute atomic E-state index is 5.85. The average Bonchev–Trinajstić information content (AvgIpc) is 2.96. The van der Waals surface area contributed by atoms with Crippen LogP contribution >= 0.6 is 12.2 Å². The van der Waals surface area contributed by atoms with Gasteiger partial charge in [0.25, 0.3) is 0 Å². The quantitative estimate of drug-likeness (QED) is 0.337. The molecule has 5 N–H and O–H groups in total. The van der Waals surface area contributed by atoms with Crippen LogP contribution in [-0.4, -0.2) is 21.0 Å². The second-order valence-electron chi connectivity index (χ2n) is 4.87. The molecule has 7 heteroatoms. The van der Waals surface area contributed by atoms with Gasteiger partial charge >= 0.3 is 0 Å². The van der Waals surface area contributed by atoms with E-state index >= 15 is 0 Å². The first-order valence-electron chi connectivity index (χ1n) is 7.08. The fourth-order valence-corrected chi connectivity index (χ4v) is 2.25. The lowest BCUT2D eigenvalue weighted by Crippen LogP contribution is -2.28. The highest BCUT2D eigenvalue weighted by atomic mass is 32.1. The van der Waals surface area contributed by atoms with E-state index in [1.165, 1.54) is 0 Å². The number of nitrogens with two attached hydrogens (primary N) is 1. The molecule has 0 saturated carbocycles. The van der Waals surface area contributed by atoms with E-state index in [0.717, 1.165) is 16.6 Å². The summed E-state index contributed by atoms with van der Waals surface area (Å²) < 4.78 is 0. The molecule has 0 fully saturated rings. The number of benzene rings is 2. The zero-order chi connectivity index (χ0) is 16.1. The molecule has 0 aliphatic carbocycles. The molecule has 0 bridgehead atoms. The maximum Gasteiger partial charge on any atom is 0.208 e. The van der Waals surface area contributed by atoms with Gasteiger partial charge < -0.3 is 16.0 Å². The summed E-state index contributed by atoms with van der Waals surface area (Å²) in [5.74, 6) is 0.702. The van der Waals surface area contributed by atoms with Gasteiger partial charge in [0.1, 0.15) is 0 Å². The second kappa shape index (κ2) is 6.89. The van der Waals surface area contributed by atoms with Gasteiger partial charge in [0.15, 0.2) is 5.11 Å². The number of hydrogen-bond donors (Lipinski definition) is 4. The number of guanidine groups is 1. The molecule has 0 spiro atoms. The largest absolute Gasteiger partial charge is 0.369 e. The van der Waals surface area contributed by atoms with Crippen molar-refractivity contribution in [2.24, 2.45) is 10.7 Å². The van der Waals surface area contributed by atoms with E-state index in [2.05, 4.69) is 25.6 Å². The predicted molar refractivity (Wildman–Crippen MR) is 97.2 cm³/mol. The Kier molecular flexibility index (Phi) is 4.49. The molecule has 2 aromatic carbocycles. The van der Waals surface area contributed by atoms with Crippen LogP contribution in [0.25, 0.3) is 11.0 Å². The molecule has 0 saturated heterocycles. The Morgan fingerprint density at radius 1 is 1.13 bits per heavy atom. The first-order chi connectivity index (χ1) is 11.2. The Morgan fingerprint density at radius 2 is 1.87 bits per heavy atom. The van der Waals surface area contributed by atoms with E-state index in [1.54, 1.807) is 0 Å². The van der Waals surface area contributed by atoms with Crippen LogP contribution in [0.15, 0.2) is 59.6 Å². The average molecular weight is 324 g/mol. The summed E-state index contributed by atoms with van der Waals surface area (Å²) in [4.78, 5) is 11.6. The summed E-state index contributed by atoms with van der Waals surface area (Å²) in [6, 6.07) is 17.6. The lowest BCUT2D eigenvalue weighted by atomic mass is 10.2. The number of rotatable bonds is 3. The Labute approximate surface area is 138 Å². The molecule has 0 radical (unpaired) electrons. The molecule has 23 heavy (non-hydrogen) atoms. The molecule has 0 unspecified atom stereocenters. The third-order valence-corrected chi connectivity index (χ3v) is 3.38. The molecular weight excluding hydrogens is 308 g/mol. The van der Waals surface area contributed by atoms with Gasteiger partial charge in [-0.3, -0.25) is 5.32 Å². The minimum Gasteiger partial charge on any atom is -0.369 e. The number of aliphatic imine (C=N–C) groups is 1. The first kappa shape index (κ1) is 15.0. The van der Waals surface area contributed by atoms with Crippen LogP contribution < -0.4 is 16.4 Å². The minimum absolute atomic E-state index is 0.176. The third kappa shape index (κ3) is 4.04. The number of H-pyrrole nitrogens is 1. The van der Waals surface area contributed by atoms with Crippen LogP contribution in [0, 0.1) is 0 Å². The Morgan fingerprint density at radius 3 is 2.65 bits per heavy atom. The lowest BCUT2D eigenvalue weighted by molar-refractivity contribution is 0.920. The Balaban J connectivity index is 1.59. The van der Waals surface area contributed by atoms with E-state index in [-0.39, 0.29) is 5.96 Å². The highest BCUT2D eigenvalue weighted by molar-refractivity contribution is 7.80. The van der Waals surface area contributed by atoms with Crippen molar-refractivity contribution in [3.8, 4) is 0 Å². The zero-order valence-corrected chi connectivity index (χ0v) is 13.1. The highest BCUT2D eigenvalue weighted by Crippen LogP contribution is 2.12. The minimum atomic E-state index is 0.176. The summed E-state index contributed by atoms with van der Waals surface area (Å²) in [6.07, 6.45) is 0. The molecule has 116 valence electrons. The monoisotopic (exact) mass is 324 g/mol. The summed E-state index contributed by atoms with van der Waals surface area (Å²) >= 11 is 5.16. The third-order valence-electron chi connectivity index (χ3n) is 3.14. The predicted octanol–water partition coefficient (Wildman–Crippen LogP) is 2.36. The molecule has 0 amide bonds. The summed E-state index contributed by atoms with van der Waals surface area (Å²) in [5, 5.41) is 6.24. The number of aromatic nitrogens is 2. The molecule has 1 aromatic heterocycles. The molecule has 3 rings (SSSR count). The van der Waals surface area contributed by atoms with Crippen LogP contribution in [-0.2, 0) is 6.54 Å². The second-order valence-corrected chi connectivity index (χ2v) is 5.26. The van der Waals surface area contributed by atoms with Crippen molar-refractivity contribution in [1.29, 1.82) is 0 Å². The standard InChI is InChI=1S/C16H16N6S/c17-14(21-15-19-12-8-4-5-9-13(12)20-15)22-16(23)18-10-11-6-2-1-3-7-11/h1-9H,10H2,(H5,17,18,19,20,21,22,23). The van der Waals surface area contributed by atoms with Gasteiger partial charge in [-0.1, -0.05) is 42.5 Å². The van der Waals surface area contributed by atoms with Crippen molar-refractivity contribution in [2.45, 2.75) is 6.54 Å². The number of imidazole rings is 1. The van der Waals surface area contributed by atoms with Crippen molar-refractivity contribution < 1.29 is 0 Å². The summed E-state index contributed by atoms with van der Waals surface area (Å²) in [6.45, 7) is 0.598. The topological polar surface area (TPSA) is 91.1 Å².